The number of thioether (sulfide) groups is 2. The van der Waals surface area contributed by atoms with E-state index in [9.17, 15) is 4.79 Å². The van der Waals surface area contributed by atoms with Crippen molar-refractivity contribution >= 4 is 41.0 Å². The number of halogens is 1. The van der Waals surface area contributed by atoms with Crippen LogP contribution >= 0.6 is 35.1 Å². The fourth-order valence-corrected chi connectivity index (χ4v) is 8.95. The van der Waals surface area contributed by atoms with E-state index < -0.39 is 0 Å². The maximum Gasteiger partial charge on any atom is 0.223 e. The van der Waals surface area contributed by atoms with Crippen LogP contribution in [0.15, 0.2) is 24.3 Å². The fraction of sp³-hybridized carbons (Fsp3) is 0.632. The van der Waals surface area contributed by atoms with Crippen molar-refractivity contribution in [2.24, 2.45) is 17.8 Å². The summed E-state index contributed by atoms with van der Waals surface area (Å²) in [7, 11) is 0. The average molecular weight is 382 g/mol. The second-order valence-corrected chi connectivity index (χ2v) is 10.7. The first-order valence-electron chi connectivity index (χ1n) is 8.97. The van der Waals surface area contributed by atoms with Crippen LogP contribution in [0, 0.1) is 17.8 Å². The highest BCUT2D eigenvalue weighted by atomic mass is 35.5. The van der Waals surface area contributed by atoms with E-state index in [2.05, 4.69) is 28.8 Å². The first kappa shape index (κ1) is 17.1. The Balaban J connectivity index is 1.39. The van der Waals surface area contributed by atoms with Crippen molar-refractivity contribution in [3.05, 3.63) is 34.9 Å². The Morgan fingerprint density at radius 1 is 1.21 bits per heavy atom. The Morgan fingerprint density at radius 3 is 2.58 bits per heavy atom. The maximum absolute atomic E-state index is 12.7. The van der Waals surface area contributed by atoms with Crippen LogP contribution in [-0.2, 0) is 11.3 Å². The fourth-order valence-electron chi connectivity index (χ4n) is 4.80. The summed E-state index contributed by atoms with van der Waals surface area (Å²) in [5, 5.41) is 3.88. The number of rotatable bonds is 3. The smallest absolute Gasteiger partial charge is 0.223 e. The molecule has 2 unspecified atom stereocenters. The first-order chi connectivity index (χ1) is 11.7. The minimum Gasteiger partial charge on any atom is -0.352 e. The van der Waals surface area contributed by atoms with Crippen LogP contribution in [-0.4, -0.2) is 21.5 Å². The third-order valence-corrected chi connectivity index (χ3v) is 10.1. The average Bonchev–Trinajstić information content (AvgIpc) is 3.02. The summed E-state index contributed by atoms with van der Waals surface area (Å²) in [6.45, 7) is 0.583. The number of carbonyl (C=O) groups excluding carboxylic acids is 1. The lowest BCUT2D eigenvalue weighted by Crippen LogP contribution is -2.49. The molecule has 3 aliphatic rings. The van der Waals surface area contributed by atoms with Gasteiger partial charge in [0.25, 0.3) is 0 Å². The Morgan fingerprint density at radius 2 is 1.92 bits per heavy atom. The Kier molecular flexibility index (Phi) is 5.08. The maximum atomic E-state index is 12.7. The van der Waals surface area contributed by atoms with Crippen LogP contribution in [0.5, 0.6) is 0 Å². The van der Waals surface area contributed by atoms with E-state index >= 15 is 0 Å². The third kappa shape index (κ3) is 3.22. The number of amides is 1. The zero-order valence-corrected chi connectivity index (χ0v) is 16.2. The number of hydrogen-bond donors (Lipinski definition) is 1. The lowest BCUT2D eigenvalue weighted by Gasteiger charge is -2.52. The van der Waals surface area contributed by atoms with Gasteiger partial charge < -0.3 is 5.32 Å². The molecule has 0 aromatic heterocycles. The van der Waals surface area contributed by atoms with Gasteiger partial charge in [0.1, 0.15) is 0 Å². The molecule has 3 fully saturated rings. The van der Waals surface area contributed by atoms with Gasteiger partial charge in [0, 0.05) is 29.0 Å². The van der Waals surface area contributed by atoms with Crippen LogP contribution in [0.2, 0.25) is 5.02 Å². The molecule has 2 saturated carbocycles. The molecular weight excluding hydrogens is 358 g/mol. The van der Waals surface area contributed by atoms with Gasteiger partial charge in [0.2, 0.25) is 5.91 Å². The van der Waals surface area contributed by atoms with E-state index in [0.717, 1.165) is 35.3 Å². The van der Waals surface area contributed by atoms with E-state index in [1.165, 1.54) is 30.8 Å². The molecule has 1 aliphatic heterocycles. The molecule has 130 valence electrons. The molecule has 1 saturated heterocycles. The van der Waals surface area contributed by atoms with Crippen molar-refractivity contribution in [3.8, 4) is 0 Å². The van der Waals surface area contributed by atoms with Crippen LogP contribution < -0.4 is 5.32 Å². The van der Waals surface area contributed by atoms with Gasteiger partial charge in [-0.15, -0.1) is 23.5 Å². The number of hydrogen-bond acceptors (Lipinski definition) is 3. The summed E-state index contributed by atoms with van der Waals surface area (Å²) in [5.41, 5.74) is 1.07. The lowest BCUT2D eigenvalue weighted by molar-refractivity contribution is -0.127. The van der Waals surface area contributed by atoms with E-state index in [-0.39, 0.29) is 11.8 Å². The molecule has 0 radical (unpaired) electrons. The lowest BCUT2D eigenvalue weighted by atomic mass is 9.67. The van der Waals surface area contributed by atoms with Crippen molar-refractivity contribution in [3.63, 3.8) is 0 Å². The summed E-state index contributed by atoms with van der Waals surface area (Å²) in [6.07, 6.45) is 6.15. The molecular formula is C19H24ClNOS2. The van der Waals surface area contributed by atoms with Gasteiger partial charge in [-0.25, -0.2) is 0 Å². The Labute approximate surface area is 157 Å². The predicted molar refractivity (Wildman–Crippen MR) is 105 cm³/mol. The summed E-state index contributed by atoms with van der Waals surface area (Å²) in [4.78, 5) is 12.7. The molecule has 1 N–H and O–H groups in total. The second kappa shape index (κ2) is 7.13. The highest BCUT2D eigenvalue weighted by Gasteiger charge is 2.55. The predicted octanol–water partition coefficient (Wildman–Crippen LogP) is 4.96. The molecule has 1 aromatic carbocycles. The van der Waals surface area contributed by atoms with Gasteiger partial charge in [-0.05, 0) is 55.2 Å². The Hall–Kier alpha value is -0.320. The summed E-state index contributed by atoms with van der Waals surface area (Å²) >= 11 is 10.4. The molecule has 1 aromatic rings. The largest absolute Gasteiger partial charge is 0.352 e. The number of nitrogens with one attached hydrogen (secondary N) is 1. The highest BCUT2D eigenvalue weighted by Crippen LogP contribution is 2.64. The van der Waals surface area contributed by atoms with E-state index in [1.807, 2.05) is 24.3 Å². The second-order valence-electron chi connectivity index (χ2n) is 7.26. The SMILES string of the molecule is O=C(NCc1cccc(Cl)c1)C1CC2CCCC(C1)C21SCCS1. The molecule has 2 aliphatic carbocycles. The highest BCUT2D eigenvalue weighted by molar-refractivity contribution is 8.21. The van der Waals surface area contributed by atoms with Gasteiger partial charge >= 0.3 is 0 Å². The molecule has 5 heteroatoms. The minimum atomic E-state index is 0.201. The van der Waals surface area contributed by atoms with Crippen molar-refractivity contribution in [1.29, 1.82) is 0 Å². The standard InChI is InChI=1S/C19H24ClNOS2/c20-17-6-1-3-13(9-17)12-21-18(22)14-10-15-4-2-5-16(11-14)19(15)23-7-8-24-19/h1,3,6,9,14-16H,2,4-5,7-8,10-12H2,(H,21,22). The van der Waals surface area contributed by atoms with Crippen molar-refractivity contribution in [2.45, 2.75) is 42.7 Å². The van der Waals surface area contributed by atoms with E-state index in [0.29, 0.717) is 10.6 Å². The normalized spacial score (nSPS) is 31.1. The van der Waals surface area contributed by atoms with Gasteiger partial charge in [0.05, 0.1) is 4.08 Å². The number of benzene rings is 1. The molecule has 1 spiro atoms. The van der Waals surface area contributed by atoms with E-state index in [4.69, 9.17) is 11.6 Å². The summed E-state index contributed by atoms with van der Waals surface area (Å²) in [6, 6.07) is 7.75. The van der Waals surface area contributed by atoms with Gasteiger partial charge in [0.15, 0.2) is 0 Å². The molecule has 2 nitrogen and oxygen atoms in total. The van der Waals surface area contributed by atoms with E-state index in [1.54, 1.807) is 0 Å². The molecule has 4 rings (SSSR count). The van der Waals surface area contributed by atoms with Crippen LogP contribution in [0.1, 0.15) is 37.7 Å². The molecule has 24 heavy (non-hydrogen) atoms. The molecule has 2 atom stereocenters. The van der Waals surface area contributed by atoms with Crippen molar-refractivity contribution < 1.29 is 4.79 Å². The van der Waals surface area contributed by atoms with Crippen LogP contribution in [0.4, 0.5) is 0 Å². The molecule has 1 amide bonds. The van der Waals surface area contributed by atoms with Crippen molar-refractivity contribution in [1.82, 2.24) is 5.32 Å². The van der Waals surface area contributed by atoms with Crippen molar-refractivity contribution in [2.75, 3.05) is 11.5 Å². The molecule has 2 bridgehead atoms. The summed E-state index contributed by atoms with van der Waals surface area (Å²) in [5.74, 6) is 4.49. The monoisotopic (exact) mass is 381 g/mol. The van der Waals surface area contributed by atoms with Gasteiger partial charge in [-0.1, -0.05) is 30.2 Å². The molecule has 1 heterocycles. The number of carbonyl (C=O) groups is 1. The minimum absolute atomic E-state index is 0.201. The Bertz CT molecular complexity index is 601. The zero-order chi connectivity index (χ0) is 16.6. The third-order valence-electron chi connectivity index (χ3n) is 5.85. The van der Waals surface area contributed by atoms with Gasteiger partial charge in [-0.2, -0.15) is 0 Å². The first-order valence-corrected chi connectivity index (χ1v) is 11.3. The van der Waals surface area contributed by atoms with Crippen LogP contribution in [0.3, 0.4) is 0 Å². The quantitative estimate of drug-likeness (QED) is 0.802. The topological polar surface area (TPSA) is 29.1 Å². The van der Waals surface area contributed by atoms with Gasteiger partial charge in [-0.3, -0.25) is 4.79 Å². The van der Waals surface area contributed by atoms with Crippen LogP contribution in [0.25, 0.3) is 0 Å². The zero-order valence-electron chi connectivity index (χ0n) is 13.8. The summed E-state index contributed by atoms with van der Waals surface area (Å²) < 4.78 is 0.446.